The fraction of sp³-hybridized carbons (Fsp3) is 0.250. The highest BCUT2D eigenvalue weighted by Crippen LogP contribution is 2.54. The Morgan fingerprint density at radius 3 is 1.67 bits per heavy atom. The fourth-order valence-electron chi connectivity index (χ4n) is 3.66. The second-order valence-corrected chi connectivity index (χ2v) is 9.91. The van der Waals surface area contributed by atoms with Gasteiger partial charge in [-0.1, -0.05) is 111 Å². The van der Waals surface area contributed by atoms with E-state index in [-0.39, 0.29) is 5.66 Å². The first-order valence-electron chi connectivity index (χ1n) is 9.62. The molecule has 0 bridgehead atoms. The second kappa shape index (κ2) is 9.17. The molecule has 27 heavy (non-hydrogen) atoms. The zero-order valence-corrected chi connectivity index (χ0v) is 16.6. The zero-order valence-electron chi connectivity index (χ0n) is 15.7. The Bertz CT molecular complexity index is 819. The molecule has 0 aliphatic carbocycles. The van der Waals surface area contributed by atoms with Gasteiger partial charge in [0.05, 0.1) is 11.8 Å². The Balaban J connectivity index is 2.15. The van der Waals surface area contributed by atoms with E-state index >= 15 is 0 Å². The molecular formula is C24H27O2P. The average Bonchev–Trinajstić information content (AvgIpc) is 2.75. The Hall–Kier alpha value is -2.15. The van der Waals surface area contributed by atoms with Gasteiger partial charge in [-0.05, 0) is 12.0 Å². The summed E-state index contributed by atoms with van der Waals surface area (Å²) in [5.74, 6) is 0. The van der Waals surface area contributed by atoms with Crippen LogP contribution < -0.4 is 10.6 Å². The number of aliphatic hydroxyl groups is 1. The molecule has 0 heterocycles. The first-order chi connectivity index (χ1) is 13.2. The Labute approximate surface area is 162 Å². The highest BCUT2D eigenvalue weighted by atomic mass is 31.2. The lowest BCUT2D eigenvalue weighted by molar-refractivity contribution is 0.166. The van der Waals surface area contributed by atoms with Crippen LogP contribution in [0, 0.1) is 0 Å². The predicted molar refractivity (Wildman–Crippen MR) is 114 cm³/mol. The van der Waals surface area contributed by atoms with Crippen LogP contribution in [0.15, 0.2) is 91.0 Å². The number of rotatable bonds is 8. The molecule has 0 amide bonds. The fourth-order valence-corrected chi connectivity index (χ4v) is 7.07. The normalized spacial score (nSPS) is 13.9. The van der Waals surface area contributed by atoms with E-state index < -0.39 is 13.2 Å². The lowest BCUT2D eigenvalue weighted by Crippen LogP contribution is -2.30. The molecule has 0 spiro atoms. The van der Waals surface area contributed by atoms with Gasteiger partial charge in [0, 0.05) is 10.6 Å². The molecule has 3 heteroatoms. The van der Waals surface area contributed by atoms with Gasteiger partial charge < -0.3 is 9.67 Å². The first-order valence-corrected chi connectivity index (χ1v) is 11.4. The first kappa shape index (κ1) is 19.6. The minimum atomic E-state index is -3.04. The molecule has 3 aromatic carbocycles. The van der Waals surface area contributed by atoms with E-state index in [1.165, 1.54) is 0 Å². The molecule has 0 saturated heterocycles. The Morgan fingerprint density at radius 1 is 0.778 bits per heavy atom. The van der Waals surface area contributed by atoms with Gasteiger partial charge in [0.1, 0.15) is 7.14 Å². The molecule has 0 radical (unpaired) electrons. The Morgan fingerprint density at radius 2 is 1.22 bits per heavy atom. The highest BCUT2D eigenvalue weighted by molar-refractivity contribution is 7.79. The molecule has 1 N–H and O–H groups in total. The molecule has 0 aliphatic rings. The maximum absolute atomic E-state index is 14.7. The van der Waals surface area contributed by atoms with Crippen LogP contribution in [0.4, 0.5) is 0 Å². The van der Waals surface area contributed by atoms with Crippen molar-refractivity contribution < 1.29 is 9.67 Å². The lowest BCUT2D eigenvalue weighted by atomic mass is 10.0. The summed E-state index contributed by atoms with van der Waals surface area (Å²) in [7, 11) is -3.04. The summed E-state index contributed by atoms with van der Waals surface area (Å²) in [6.07, 6.45) is 1.87. The summed E-state index contributed by atoms with van der Waals surface area (Å²) < 4.78 is 14.7. The van der Waals surface area contributed by atoms with Crippen molar-refractivity contribution in [1.29, 1.82) is 0 Å². The summed E-state index contributed by atoms with van der Waals surface area (Å²) >= 11 is 0. The van der Waals surface area contributed by atoms with E-state index in [2.05, 4.69) is 6.92 Å². The van der Waals surface area contributed by atoms with Crippen molar-refractivity contribution in [3.8, 4) is 0 Å². The minimum Gasteiger partial charge on any atom is -0.388 e. The zero-order chi connectivity index (χ0) is 19.1. The van der Waals surface area contributed by atoms with Gasteiger partial charge in [-0.25, -0.2) is 0 Å². The molecule has 140 valence electrons. The molecule has 2 nitrogen and oxygen atoms in total. The van der Waals surface area contributed by atoms with Gasteiger partial charge in [-0.2, -0.15) is 0 Å². The van der Waals surface area contributed by atoms with Crippen LogP contribution in [0.25, 0.3) is 0 Å². The van der Waals surface area contributed by atoms with Crippen LogP contribution in [0.3, 0.4) is 0 Å². The van der Waals surface area contributed by atoms with E-state index in [1.807, 2.05) is 91.0 Å². The van der Waals surface area contributed by atoms with Crippen molar-refractivity contribution in [3.05, 3.63) is 96.6 Å². The molecule has 0 aliphatic heterocycles. The third-order valence-corrected chi connectivity index (χ3v) is 8.71. The number of hydrogen-bond acceptors (Lipinski definition) is 2. The molecule has 3 rings (SSSR count). The van der Waals surface area contributed by atoms with Gasteiger partial charge in [0.2, 0.25) is 0 Å². The number of hydrogen-bond donors (Lipinski definition) is 1. The monoisotopic (exact) mass is 378 g/mol. The average molecular weight is 378 g/mol. The van der Waals surface area contributed by atoms with Crippen LogP contribution in [0.5, 0.6) is 0 Å². The highest BCUT2D eigenvalue weighted by Gasteiger charge is 2.40. The van der Waals surface area contributed by atoms with Crippen molar-refractivity contribution in [2.24, 2.45) is 0 Å². The molecular weight excluding hydrogens is 351 g/mol. The largest absolute Gasteiger partial charge is 0.388 e. The summed E-state index contributed by atoms with van der Waals surface area (Å²) in [4.78, 5) is 0. The lowest BCUT2D eigenvalue weighted by Gasteiger charge is -2.32. The SMILES string of the molecule is CCCC[C@@H]([C@H](O)c1ccccc1)P(=O)(c1ccccc1)c1ccccc1. The summed E-state index contributed by atoms with van der Waals surface area (Å²) in [5, 5.41) is 12.9. The van der Waals surface area contributed by atoms with Crippen LogP contribution in [0.2, 0.25) is 0 Å². The van der Waals surface area contributed by atoms with E-state index in [4.69, 9.17) is 0 Å². The molecule has 0 fully saturated rings. The number of benzene rings is 3. The van der Waals surface area contributed by atoms with E-state index in [1.54, 1.807) is 0 Å². The predicted octanol–water partition coefficient (Wildman–Crippen LogP) is 5.29. The molecule has 2 atom stereocenters. The van der Waals surface area contributed by atoms with Crippen LogP contribution in [0.1, 0.15) is 37.9 Å². The third kappa shape index (κ3) is 4.24. The van der Waals surface area contributed by atoms with E-state index in [0.717, 1.165) is 29.0 Å². The van der Waals surface area contributed by atoms with Crippen LogP contribution in [-0.2, 0) is 4.57 Å². The smallest absolute Gasteiger partial charge is 0.149 e. The maximum Gasteiger partial charge on any atom is 0.149 e. The van der Waals surface area contributed by atoms with Crippen LogP contribution >= 0.6 is 7.14 Å². The van der Waals surface area contributed by atoms with Gasteiger partial charge in [0.15, 0.2) is 0 Å². The summed E-state index contributed by atoms with van der Waals surface area (Å²) in [6, 6.07) is 28.9. The standard InChI is InChI=1S/C24H27O2P/c1-2-3-19-23(24(25)20-13-7-4-8-14-20)27(26,21-15-9-5-10-16-21)22-17-11-6-12-18-22/h4-18,23-25H,2-3,19H2,1H3/t23-,24+/m0/s1. The quantitative estimate of drug-likeness (QED) is 0.541. The third-order valence-electron chi connectivity index (χ3n) is 5.11. The molecule has 0 unspecified atom stereocenters. The topological polar surface area (TPSA) is 37.3 Å². The van der Waals surface area contributed by atoms with Crippen molar-refractivity contribution in [2.75, 3.05) is 0 Å². The van der Waals surface area contributed by atoms with Crippen molar-refractivity contribution in [1.82, 2.24) is 0 Å². The Kier molecular flexibility index (Phi) is 6.66. The molecule has 0 saturated carbocycles. The molecule has 3 aromatic rings. The van der Waals surface area contributed by atoms with Crippen LogP contribution in [-0.4, -0.2) is 10.8 Å². The van der Waals surface area contributed by atoms with Gasteiger partial charge in [-0.15, -0.1) is 0 Å². The van der Waals surface area contributed by atoms with Gasteiger partial charge in [0.25, 0.3) is 0 Å². The number of aliphatic hydroxyl groups excluding tert-OH is 1. The van der Waals surface area contributed by atoms with E-state index in [9.17, 15) is 9.67 Å². The van der Waals surface area contributed by atoms with Gasteiger partial charge in [-0.3, -0.25) is 0 Å². The van der Waals surface area contributed by atoms with Crippen molar-refractivity contribution in [3.63, 3.8) is 0 Å². The van der Waals surface area contributed by atoms with Gasteiger partial charge >= 0.3 is 0 Å². The molecule has 0 aromatic heterocycles. The summed E-state index contributed by atoms with van der Waals surface area (Å²) in [5.41, 5.74) is 0.468. The maximum atomic E-state index is 14.7. The number of unbranched alkanes of at least 4 members (excludes halogenated alkanes) is 1. The minimum absolute atomic E-state index is 0.357. The second-order valence-electron chi connectivity index (χ2n) is 6.89. The van der Waals surface area contributed by atoms with Crippen molar-refractivity contribution in [2.45, 2.75) is 37.9 Å². The summed E-state index contributed by atoms with van der Waals surface area (Å²) in [6.45, 7) is 2.13. The van der Waals surface area contributed by atoms with E-state index in [0.29, 0.717) is 6.42 Å². The van der Waals surface area contributed by atoms with Crippen molar-refractivity contribution >= 4 is 17.8 Å².